The number of hydrogen-bond acceptors (Lipinski definition) is 5. The summed E-state index contributed by atoms with van der Waals surface area (Å²) in [5, 5.41) is 11.9. The van der Waals surface area contributed by atoms with Crippen molar-refractivity contribution in [3.8, 4) is 5.69 Å². The molecule has 1 N–H and O–H groups in total. The van der Waals surface area contributed by atoms with Gasteiger partial charge in [-0.15, -0.1) is 0 Å². The Morgan fingerprint density at radius 2 is 1.87 bits per heavy atom. The van der Waals surface area contributed by atoms with Crippen LogP contribution < -0.4 is 5.32 Å². The molecule has 0 fully saturated rings. The number of rotatable bonds is 5. The highest BCUT2D eigenvalue weighted by Crippen LogP contribution is 2.23. The number of aromatic nitrogens is 4. The van der Waals surface area contributed by atoms with Gasteiger partial charge in [-0.05, 0) is 26.0 Å². The fourth-order valence-electron chi connectivity index (χ4n) is 2.27. The molecule has 3 rings (SSSR count). The highest BCUT2D eigenvalue weighted by Gasteiger charge is 2.17. The van der Waals surface area contributed by atoms with E-state index in [1.54, 1.807) is 0 Å². The SMILES string of the molecule is Cc1nn(-c2ccccc2)cc1NC(C)c1nc(C(C)C)no1. The van der Waals surface area contributed by atoms with E-state index in [0.717, 1.165) is 22.9 Å². The molecule has 6 nitrogen and oxygen atoms in total. The van der Waals surface area contributed by atoms with Gasteiger partial charge in [0.1, 0.15) is 6.04 Å². The van der Waals surface area contributed by atoms with Gasteiger partial charge >= 0.3 is 0 Å². The zero-order chi connectivity index (χ0) is 16.4. The van der Waals surface area contributed by atoms with Crippen molar-refractivity contribution in [1.82, 2.24) is 19.9 Å². The molecule has 0 amide bonds. The minimum atomic E-state index is -0.0814. The van der Waals surface area contributed by atoms with Crippen molar-refractivity contribution >= 4 is 5.69 Å². The van der Waals surface area contributed by atoms with Crippen LogP contribution in [0.4, 0.5) is 5.69 Å². The molecule has 0 aliphatic heterocycles. The molecule has 0 bridgehead atoms. The van der Waals surface area contributed by atoms with E-state index in [0.29, 0.717) is 5.89 Å². The average molecular weight is 311 g/mol. The lowest BCUT2D eigenvalue weighted by Crippen LogP contribution is -2.07. The Morgan fingerprint density at radius 3 is 2.52 bits per heavy atom. The Balaban J connectivity index is 1.78. The second kappa shape index (κ2) is 6.24. The van der Waals surface area contributed by atoms with E-state index < -0.39 is 0 Å². The Morgan fingerprint density at radius 1 is 1.13 bits per heavy atom. The molecule has 23 heavy (non-hydrogen) atoms. The van der Waals surface area contributed by atoms with Crippen molar-refractivity contribution in [3.05, 3.63) is 53.9 Å². The minimum Gasteiger partial charge on any atom is -0.371 e. The molecular weight excluding hydrogens is 290 g/mol. The van der Waals surface area contributed by atoms with Gasteiger partial charge in [0, 0.05) is 5.92 Å². The number of nitrogens with zero attached hydrogens (tertiary/aromatic N) is 4. The third-order valence-corrected chi connectivity index (χ3v) is 3.64. The summed E-state index contributed by atoms with van der Waals surface area (Å²) < 4.78 is 7.20. The molecule has 0 saturated heterocycles. The third-order valence-electron chi connectivity index (χ3n) is 3.64. The van der Waals surface area contributed by atoms with Crippen molar-refractivity contribution < 1.29 is 4.52 Å². The van der Waals surface area contributed by atoms with Crippen molar-refractivity contribution in [1.29, 1.82) is 0 Å². The fraction of sp³-hybridized carbons (Fsp3) is 0.353. The molecule has 1 atom stereocenters. The van der Waals surface area contributed by atoms with Crippen LogP contribution in [0.3, 0.4) is 0 Å². The van der Waals surface area contributed by atoms with Gasteiger partial charge < -0.3 is 9.84 Å². The lowest BCUT2D eigenvalue weighted by Gasteiger charge is -2.09. The Labute approximate surface area is 135 Å². The summed E-state index contributed by atoms with van der Waals surface area (Å²) in [6, 6.07) is 9.94. The monoisotopic (exact) mass is 311 g/mol. The summed E-state index contributed by atoms with van der Waals surface area (Å²) in [4.78, 5) is 4.43. The van der Waals surface area contributed by atoms with Crippen molar-refractivity contribution in [2.24, 2.45) is 0 Å². The van der Waals surface area contributed by atoms with Gasteiger partial charge in [-0.2, -0.15) is 10.1 Å². The van der Waals surface area contributed by atoms with Crippen molar-refractivity contribution in [2.45, 2.75) is 39.7 Å². The smallest absolute Gasteiger partial charge is 0.248 e. The standard InChI is InChI=1S/C17H21N5O/c1-11(2)16-19-17(23-21-16)13(4)18-15-10-22(20-12(15)3)14-8-6-5-7-9-14/h5-11,13,18H,1-4H3. The van der Waals surface area contributed by atoms with E-state index in [1.807, 2.05) is 68.9 Å². The highest BCUT2D eigenvalue weighted by molar-refractivity contribution is 5.49. The van der Waals surface area contributed by atoms with Crippen LogP contribution in [-0.4, -0.2) is 19.9 Å². The first kappa shape index (κ1) is 15.3. The molecule has 0 aliphatic carbocycles. The normalized spacial score (nSPS) is 12.6. The maximum Gasteiger partial charge on any atom is 0.248 e. The van der Waals surface area contributed by atoms with E-state index >= 15 is 0 Å². The molecule has 2 aromatic heterocycles. The van der Waals surface area contributed by atoms with E-state index in [2.05, 4.69) is 20.6 Å². The van der Waals surface area contributed by atoms with E-state index in [-0.39, 0.29) is 12.0 Å². The van der Waals surface area contributed by atoms with Gasteiger partial charge in [-0.25, -0.2) is 4.68 Å². The van der Waals surface area contributed by atoms with Crippen LogP contribution in [0.1, 0.15) is 50.1 Å². The van der Waals surface area contributed by atoms with Gasteiger partial charge in [0.25, 0.3) is 0 Å². The van der Waals surface area contributed by atoms with Gasteiger partial charge in [-0.3, -0.25) is 0 Å². The van der Waals surface area contributed by atoms with Crippen LogP contribution in [-0.2, 0) is 0 Å². The van der Waals surface area contributed by atoms with Crippen molar-refractivity contribution in [2.75, 3.05) is 5.32 Å². The Hall–Kier alpha value is -2.63. The first-order valence-electron chi connectivity index (χ1n) is 7.76. The van der Waals surface area contributed by atoms with Crippen LogP contribution in [0.15, 0.2) is 41.1 Å². The lowest BCUT2D eigenvalue weighted by atomic mass is 10.2. The summed E-state index contributed by atoms with van der Waals surface area (Å²) in [6.45, 7) is 8.06. The largest absolute Gasteiger partial charge is 0.371 e. The molecular formula is C17H21N5O. The van der Waals surface area contributed by atoms with Crippen LogP contribution in [0, 0.1) is 6.92 Å². The summed E-state index contributed by atoms with van der Waals surface area (Å²) in [6.07, 6.45) is 1.97. The third kappa shape index (κ3) is 3.26. The van der Waals surface area contributed by atoms with E-state index in [4.69, 9.17) is 4.52 Å². The van der Waals surface area contributed by atoms with Gasteiger partial charge in [-0.1, -0.05) is 37.2 Å². The molecule has 2 heterocycles. The average Bonchev–Trinajstić information content (AvgIpc) is 3.16. The molecule has 3 aromatic rings. The molecule has 1 unspecified atom stereocenters. The number of benzene rings is 1. The van der Waals surface area contributed by atoms with Crippen LogP contribution >= 0.6 is 0 Å². The highest BCUT2D eigenvalue weighted by atomic mass is 16.5. The summed E-state index contributed by atoms with van der Waals surface area (Å²) >= 11 is 0. The molecule has 0 spiro atoms. The first-order valence-corrected chi connectivity index (χ1v) is 7.76. The molecule has 0 saturated carbocycles. The van der Waals surface area contributed by atoms with Gasteiger partial charge in [0.2, 0.25) is 5.89 Å². The molecule has 6 heteroatoms. The molecule has 120 valence electrons. The van der Waals surface area contributed by atoms with Crippen LogP contribution in [0.25, 0.3) is 5.69 Å². The number of aryl methyl sites for hydroxylation is 1. The number of nitrogens with one attached hydrogen (secondary N) is 1. The number of anilines is 1. The summed E-state index contributed by atoms with van der Waals surface area (Å²) in [5.41, 5.74) is 2.89. The Bertz CT molecular complexity index is 775. The lowest BCUT2D eigenvalue weighted by molar-refractivity contribution is 0.361. The van der Waals surface area contributed by atoms with E-state index in [1.165, 1.54) is 0 Å². The Kier molecular flexibility index (Phi) is 4.14. The topological polar surface area (TPSA) is 68.8 Å². The zero-order valence-electron chi connectivity index (χ0n) is 13.8. The second-order valence-corrected chi connectivity index (χ2v) is 5.92. The second-order valence-electron chi connectivity index (χ2n) is 5.92. The van der Waals surface area contributed by atoms with E-state index in [9.17, 15) is 0 Å². The first-order chi connectivity index (χ1) is 11.0. The maximum absolute atomic E-state index is 5.34. The minimum absolute atomic E-state index is 0.0814. The summed E-state index contributed by atoms with van der Waals surface area (Å²) in [5.74, 6) is 1.56. The van der Waals surface area contributed by atoms with Crippen LogP contribution in [0.2, 0.25) is 0 Å². The predicted molar refractivity (Wildman–Crippen MR) is 88.7 cm³/mol. The fourth-order valence-corrected chi connectivity index (χ4v) is 2.27. The predicted octanol–water partition coefficient (Wildman–Crippen LogP) is 3.86. The molecule has 0 aliphatic rings. The van der Waals surface area contributed by atoms with Crippen LogP contribution in [0.5, 0.6) is 0 Å². The van der Waals surface area contributed by atoms with Crippen molar-refractivity contribution in [3.63, 3.8) is 0 Å². The molecule has 1 aromatic carbocycles. The summed E-state index contributed by atoms with van der Waals surface area (Å²) in [7, 11) is 0. The zero-order valence-corrected chi connectivity index (χ0v) is 13.8. The number of para-hydroxylation sites is 1. The molecule has 0 radical (unpaired) electrons. The quantitative estimate of drug-likeness (QED) is 0.775. The van der Waals surface area contributed by atoms with Gasteiger partial charge in [0.05, 0.1) is 23.3 Å². The maximum atomic E-state index is 5.34. The number of hydrogen-bond donors (Lipinski definition) is 1. The van der Waals surface area contributed by atoms with Gasteiger partial charge in [0.15, 0.2) is 5.82 Å².